The van der Waals surface area contributed by atoms with E-state index in [4.69, 9.17) is 4.74 Å². The van der Waals surface area contributed by atoms with Crippen LogP contribution in [0.25, 0.3) is 0 Å². The van der Waals surface area contributed by atoms with Crippen LogP contribution in [-0.2, 0) is 6.42 Å². The molecule has 1 aromatic rings. The average molecular weight is 273 g/mol. The highest BCUT2D eigenvalue weighted by Crippen LogP contribution is 2.39. The van der Waals surface area contributed by atoms with Crippen molar-refractivity contribution in [2.24, 2.45) is 11.8 Å². The summed E-state index contributed by atoms with van der Waals surface area (Å²) >= 11 is 0. The van der Waals surface area contributed by atoms with Gasteiger partial charge in [-0.15, -0.1) is 0 Å². The minimum Gasteiger partial charge on any atom is -0.493 e. The Bertz CT molecular complexity index is 449. The largest absolute Gasteiger partial charge is 0.493 e. The molecule has 1 aliphatic carbocycles. The Labute approximate surface area is 122 Å². The second kappa shape index (κ2) is 6.17. The fourth-order valence-corrected chi connectivity index (χ4v) is 4.00. The molecule has 0 spiro atoms. The molecule has 1 fully saturated rings. The maximum absolute atomic E-state index is 5.62. The van der Waals surface area contributed by atoms with Crippen LogP contribution in [0, 0.1) is 11.8 Å². The lowest BCUT2D eigenvalue weighted by atomic mass is 9.76. The second-order valence-corrected chi connectivity index (χ2v) is 6.42. The van der Waals surface area contributed by atoms with Crippen LogP contribution in [0.1, 0.15) is 56.2 Å². The zero-order valence-corrected chi connectivity index (χ0v) is 12.8. The van der Waals surface area contributed by atoms with E-state index in [0.717, 1.165) is 30.6 Å². The predicted molar refractivity (Wildman–Crippen MR) is 83.2 cm³/mol. The van der Waals surface area contributed by atoms with Crippen molar-refractivity contribution in [1.82, 2.24) is 5.32 Å². The molecule has 1 aromatic carbocycles. The third-order valence-corrected chi connectivity index (χ3v) is 5.32. The molecule has 2 nitrogen and oxygen atoms in total. The summed E-state index contributed by atoms with van der Waals surface area (Å²) in [6.45, 7) is 3.19. The minimum atomic E-state index is 0.513. The van der Waals surface area contributed by atoms with Crippen molar-refractivity contribution in [3.8, 4) is 5.75 Å². The van der Waals surface area contributed by atoms with Crippen LogP contribution in [0.5, 0.6) is 5.75 Å². The summed E-state index contributed by atoms with van der Waals surface area (Å²) in [7, 11) is 2.11. The molecule has 20 heavy (non-hydrogen) atoms. The van der Waals surface area contributed by atoms with Gasteiger partial charge in [-0.1, -0.05) is 38.3 Å². The van der Waals surface area contributed by atoms with E-state index in [1.807, 2.05) is 0 Å². The Morgan fingerprint density at radius 1 is 1.25 bits per heavy atom. The number of fused-ring (bicyclic) bond motifs is 1. The molecule has 1 unspecified atom stereocenters. The summed E-state index contributed by atoms with van der Waals surface area (Å²) in [4.78, 5) is 0. The zero-order chi connectivity index (χ0) is 13.9. The van der Waals surface area contributed by atoms with Gasteiger partial charge in [-0.3, -0.25) is 0 Å². The van der Waals surface area contributed by atoms with Crippen LogP contribution in [0.15, 0.2) is 18.2 Å². The molecule has 0 aromatic heterocycles. The molecule has 1 N–H and O–H groups in total. The number of nitrogens with one attached hydrogen (secondary N) is 1. The first-order valence-electron chi connectivity index (χ1n) is 8.24. The van der Waals surface area contributed by atoms with Crippen molar-refractivity contribution >= 4 is 0 Å². The van der Waals surface area contributed by atoms with Crippen LogP contribution in [0.2, 0.25) is 0 Å². The summed E-state index contributed by atoms with van der Waals surface area (Å²) < 4.78 is 5.62. The van der Waals surface area contributed by atoms with Crippen molar-refractivity contribution in [1.29, 1.82) is 0 Å². The summed E-state index contributed by atoms with van der Waals surface area (Å²) in [6.07, 6.45) is 7.99. The molecular weight excluding hydrogens is 246 g/mol. The molecule has 3 rings (SSSR count). The van der Waals surface area contributed by atoms with Gasteiger partial charge in [0.1, 0.15) is 5.75 Å². The maximum atomic E-state index is 5.62. The van der Waals surface area contributed by atoms with Crippen LogP contribution in [0.4, 0.5) is 0 Å². The lowest BCUT2D eigenvalue weighted by molar-refractivity contribution is 0.224. The number of hydrogen-bond acceptors (Lipinski definition) is 2. The van der Waals surface area contributed by atoms with Gasteiger partial charge in [-0.2, -0.15) is 0 Å². The first-order valence-corrected chi connectivity index (χ1v) is 8.24. The molecule has 2 aliphatic rings. The molecule has 0 radical (unpaired) electrons. The first-order chi connectivity index (χ1) is 9.81. The van der Waals surface area contributed by atoms with E-state index >= 15 is 0 Å². The van der Waals surface area contributed by atoms with Crippen molar-refractivity contribution in [2.75, 3.05) is 13.7 Å². The topological polar surface area (TPSA) is 21.3 Å². The van der Waals surface area contributed by atoms with Crippen molar-refractivity contribution < 1.29 is 4.74 Å². The Kier molecular flexibility index (Phi) is 4.30. The molecule has 2 heteroatoms. The fourth-order valence-electron chi connectivity index (χ4n) is 4.00. The molecule has 0 saturated heterocycles. The smallest absolute Gasteiger partial charge is 0.122 e. The second-order valence-electron chi connectivity index (χ2n) is 6.42. The third kappa shape index (κ3) is 2.71. The molecule has 0 bridgehead atoms. The highest BCUT2D eigenvalue weighted by atomic mass is 16.5. The molecule has 110 valence electrons. The molecule has 1 atom stereocenters. The van der Waals surface area contributed by atoms with E-state index in [1.54, 1.807) is 0 Å². The highest BCUT2D eigenvalue weighted by Gasteiger charge is 2.27. The van der Waals surface area contributed by atoms with Gasteiger partial charge in [0.25, 0.3) is 0 Å². The van der Waals surface area contributed by atoms with Gasteiger partial charge in [0, 0.05) is 12.5 Å². The predicted octanol–water partition coefficient (Wildman–Crippen LogP) is 4.10. The SMILES string of the molecule is CCC1CCC(C(NC)c2ccc3c(c2)CCO3)CC1. The first kappa shape index (κ1) is 13.9. The summed E-state index contributed by atoms with van der Waals surface area (Å²) in [5.41, 5.74) is 2.85. The molecule has 1 aliphatic heterocycles. The lowest BCUT2D eigenvalue weighted by Crippen LogP contribution is -2.28. The Hall–Kier alpha value is -1.02. The number of rotatable bonds is 4. The number of hydrogen-bond donors (Lipinski definition) is 1. The zero-order valence-electron chi connectivity index (χ0n) is 12.8. The number of benzene rings is 1. The standard InChI is InChI=1S/C18H27NO/c1-3-13-4-6-14(7-5-13)18(19-2)16-8-9-17-15(12-16)10-11-20-17/h8-9,12-14,18-19H,3-7,10-11H2,1-2H3. The summed E-state index contributed by atoms with van der Waals surface area (Å²) in [6, 6.07) is 7.31. The normalized spacial score (nSPS) is 26.9. The van der Waals surface area contributed by atoms with Crippen LogP contribution in [-0.4, -0.2) is 13.7 Å². The Morgan fingerprint density at radius 2 is 2.05 bits per heavy atom. The fraction of sp³-hybridized carbons (Fsp3) is 0.667. The summed E-state index contributed by atoms with van der Waals surface area (Å²) in [5.74, 6) is 2.86. The summed E-state index contributed by atoms with van der Waals surface area (Å²) in [5, 5.41) is 3.57. The lowest BCUT2D eigenvalue weighted by Gasteiger charge is -2.34. The van der Waals surface area contributed by atoms with Crippen LogP contribution >= 0.6 is 0 Å². The van der Waals surface area contributed by atoms with E-state index in [0.29, 0.717) is 6.04 Å². The maximum Gasteiger partial charge on any atom is 0.122 e. The van der Waals surface area contributed by atoms with Crippen molar-refractivity contribution in [3.05, 3.63) is 29.3 Å². The van der Waals surface area contributed by atoms with E-state index in [2.05, 4.69) is 37.5 Å². The molecular formula is C18H27NO. The Morgan fingerprint density at radius 3 is 2.75 bits per heavy atom. The van der Waals surface area contributed by atoms with Gasteiger partial charge in [-0.25, -0.2) is 0 Å². The van der Waals surface area contributed by atoms with Crippen LogP contribution < -0.4 is 10.1 Å². The van der Waals surface area contributed by atoms with Gasteiger partial charge in [-0.05, 0) is 48.9 Å². The molecule has 0 amide bonds. The third-order valence-electron chi connectivity index (χ3n) is 5.32. The van der Waals surface area contributed by atoms with Gasteiger partial charge >= 0.3 is 0 Å². The highest BCUT2D eigenvalue weighted by molar-refractivity contribution is 5.41. The quantitative estimate of drug-likeness (QED) is 0.892. The van der Waals surface area contributed by atoms with Gasteiger partial charge in [0.15, 0.2) is 0 Å². The molecule has 1 saturated carbocycles. The molecule has 1 heterocycles. The van der Waals surface area contributed by atoms with Gasteiger partial charge in [0.2, 0.25) is 0 Å². The van der Waals surface area contributed by atoms with E-state index < -0.39 is 0 Å². The monoisotopic (exact) mass is 273 g/mol. The Balaban J connectivity index is 1.73. The van der Waals surface area contributed by atoms with Crippen molar-refractivity contribution in [3.63, 3.8) is 0 Å². The van der Waals surface area contributed by atoms with E-state index in [-0.39, 0.29) is 0 Å². The average Bonchev–Trinajstić information content (AvgIpc) is 2.96. The van der Waals surface area contributed by atoms with Gasteiger partial charge < -0.3 is 10.1 Å². The van der Waals surface area contributed by atoms with E-state index in [1.165, 1.54) is 43.2 Å². The van der Waals surface area contributed by atoms with Gasteiger partial charge in [0.05, 0.1) is 6.61 Å². The minimum absolute atomic E-state index is 0.513. The van der Waals surface area contributed by atoms with E-state index in [9.17, 15) is 0 Å². The van der Waals surface area contributed by atoms with Crippen molar-refractivity contribution in [2.45, 2.75) is 51.5 Å². The number of ether oxygens (including phenoxy) is 1. The van der Waals surface area contributed by atoms with Crippen LogP contribution in [0.3, 0.4) is 0 Å².